The normalized spacial score (nSPS) is 15.9. The number of hydrogen-bond donors (Lipinski definition) is 2. The van der Waals surface area contributed by atoms with E-state index in [1.165, 1.54) is 0 Å². The second-order valence-corrected chi connectivity index (χ2v) is 7.98. The van der Waals surface area contributed by atoms with Crippen LogP contribution in [0.25, 0.3) is 21.9 Å². The van der Waals surface area contributed by atoms with Gasteiger partial charge in [-0.25, -0.2) is 5.10 Å². The summed E-state index contributed by atoms with van der Waals surface area (Å²) in [5.74, 6) is -0.578. The lowest BCUT2D eigenvalue weighted by Gasteiger charge is -2.35. The van der Waals surface area contributed by atoms with Crippen molar-refractivity contribution in [3.63, 3.8) is 0 Å². The molecule has 0 saturated carbocycles. The van der Waals surface area contributed by atoms with Crippen LogP contribution in [-0.2, 0) is 11.2 Å². The van der Waals surface area contributed by atoms with Crippen molar-refractivity contribution in [1.29, 1.82) is 0 Å². The molecule has 1 aromatic heterocycles. The molecule has 33 heavy (non-hydrogen) atoms. The average Bonchev–Trinajstić information content (AvgIpc) is 2.86. The minimum atomic E-state index is -0.691. The van der Waals surface area contributed by atoms with Gasteiger partial charge in [-0.15, -0.1) is 0 Å². The van der Waals surface area contributed by atoms with Crippen LogP contribution in [-0.4, -0.2) is 46.0 Å². The molecule has 7 heteroatoms. The van der Waals surface area contributed by atoms with E-state index in [9.17, 15) is 14.4 Å². The third-order valence-corrected chi connectivity index (χ3v) is 6.01. The first kappa shape index (κ1) is 20.6. The Kier molecular flexibility index (Phi) is 5.44. The van der Waals surface area contributed by atoms with E-state index < -0.39 is 6.04 Å². The molecule has 2 amide bonds. The van der Waals surface area contributed by atoms with Gasteiger partial charge in [0.25, 0.3) is 11.5 Å². The molecule has 2 N–H and O–H groups in total. The van der Waals surface area contributed by atoms with E-state index in [0.717, 1.165) is 16.7 Å². The number of fused-ring (bicyclic) bond motifs is 1. The van der Waals surface area contributed by atoms with Gasteiger partial charge in [-0.2, -0.15) is 5.10 Å². The number of amides is 2. The van der Waals surface area contributed by atoms with Crippen LogP contribution in [0.2, 0.25) is 0 Å². The first-order valence-corrected chi connectivity index (χ1v) is 10.8. The lowest BCUT2D eigenvalue weighted by atomic mass is 9.93. The number of aromatic amines is 1. The summed E-state index contributed by atoms with van der Waals surface area (Å²) in [7, 11) is 0. The molecule has 164 valence electrons. The van der Waals surface area contributed by atoms with Crippen molar-refractivity contribution in [3.8, 4) is 11.1 Å². The standard InChI is InChI=1S/C26H22N4O3/c31-24-21-13-7-6-12-20(21)23(28-29-24)26(33)30-15-14-27-25(32)22(30)16-18-10-4-5-11-19(18)17-8-2-1-3-9-17/h1-13,22H,14-16H2,(H,27,32)(H,29,31)/t22-/m1/s1. The van der Waals surface area contributed by atoms with E-state index in [-0.39, 0.29) is 23.1 Å². The Balaban J connectivity index is 1.52. The molecular weight excluding hydrogens is 416 g/mol. The Morgan fingerprint density at radius 2 is 1.61 bits per heavy atom. The summed E-state index contributed by atoms with van der Waals surface area (Å²) in [6.07, 6.45) is 0.365. The fourth-order valence-electron chi connectivity index (χ4n) is 4.38. The first-order valence-electron chi connectivity index (χ1n) is 10.8. The minimum Gasteiger partial charge on any atom is -0.353 e. The van der Waals surface area contributed by atoms with Gasteiger partial charge in [0.05, 0.1) is 5.39 Å². The molecule has 1 aliphatic rings. The molecule has 0 bridgehead atoms. The van der Waals surface area contributed by atoms with E-state index in [4.69, 9.17) is 0 Å². The van der Waals surface area contributed by atoms with Gasteiger partial charge in [0.15, 0.2) is 5.69 Å². The van der Waals surface area contributed by atoms with Gasteiger partial charge in [0.1, 0.15) is 6.04 Å². The molecule has 2 heterocycles. The van der Waals surface area contributed by atoms with Gasteiger partial charge in [0.2, 0.25) is 5.91 Å². The van der Waals surface area contributed by atoms with Crippen molar-refractivity contribution in [3.05, 3.63) is 100 Å². The zero-order valence-corrected chi connectivity index (χ0v) is 17.8. The number of H-pyrrole nitrogens is 1. The number of hydrogen-bond acceptors (Lipinski definition) is 4. The molecule has 7 nitrogen and oxygen atoms in total. The number of benzene rings is 3. The largest absolute Gasteiger partial charge is 0.353 e. The zero-order chi connectivity index (χ0) is 22.8. The predicted molar refractivity (Wildman–Crippen MR) is 126 cm³/mol. The summed E-state index contributed by atoms with van der Waals surface area (Å²) < 4.78 is 0. The molecule has 0 unspecified atom stereocenters. The number of piperazine rings is 1. The Morgan fingerprint density at radius 3 is 2.42 bits per heavy atom. The molecule has 0 radical (unpaired) electrons. The Morgan fingerprint density at radius 1 is 0.909 bits per heavy atom. The van der Waals surface area contributed by atoms with Gasteiger partial charge >= 0.3 is 0 Å². The van der Waals surface area contributed by atoms with Crippen molar-refractivity contribution in [2.45, 2.75) is 12.5 Å². The molecular formula is C26H22N4O3. The molecule has 1 atom stereocenters. The number of nitrogens with zero attached hydrogens (tertiary/aromatic N) is 2. The highest BCUT2D eigenvalue weighted by molar-refractivity contribution is 6.06. The van der Waals surface area contributed by atoms with E-state index in [1.807, 2.05) is 54.6 Å². The SMILES string of the molecule is O=C1NCCN(C(=O)c2n[nH]c(=O)c3ccccc23)[C@@H]1Cc1ccccc1-c1ccccc1. The monoisotopic (exact) mass is 438 g/mol. The molecule has 5 rings (SSSR count). The van der Waals surface area contributed by atoms with E-state index >= 15 is 0 Å². The van der Waals surface area contributed by atoms with Crippen LogP contribution >= 0.6 is 0 Å². The maximum absolute atomic E-state index is 13.6. The second-order valence-electron chi connectivity index (χ2n) is 7.98. The van der Waals surface area contributed by atoms with Crippen LogP contribution < -0.4 is 10.9 Å². The first-order chi connectivity index (χ1) is 16.1. The summed E-state index contributed by atoms with van der Waals surface area (Å²) in [6.45, 7) is 0.723. The predicted octanol–water partition coefficient (Wildman–Crippen LogP) is 2.77. The summed E-state index contributed by atoms with van der Waals surface area (Å²) in [5.41, 5.74) is 2.84. The molecule has 0 spiro atoms. The van der Waals surface area contributed by atoms with Crippen molar-refractivity contribution >= 4 is 22.6 Å². The quantitative estimate of drug-likeness (QED) is 0.512. The van der Waals surface area contributed by atoms with Gasteiger partial charge in [0, 0.05) is 24.9 Å². The van der Waals surface area contributed by atoms with E-state index in [2.05, 4.69) is 15.5 Å². The summed E-state index contributed by atoms with van der Waals surface area (Å²) in [6, 6.07) is 24.0. The fourth-order valence-corrected chi connectivity index (χ4v) is 4.38. The molecule has 3 aromatic carbocycles. The van der Waals surface area contributed by atoms with Crippen LogP contribution in [0.15, 0.2) is 83.7 Å². The summed E-state index contributed by atoms with van der Waals surface area (Å²) in [4.78, 5) is 40.2. The molecule has 1 aliphatic heterocycles. The maximum atomic E-state index is 13.6. The van der Waals surface area contributed by atoms with Gasteiger partial charge in [-0.05, 0) is 22.8 Å². The van der Waals surface area contributed by atoms with Crippen LogP contribution in [0.4, 0.5) is 0 Å². The third kappa shape index (κ3) is 3.89. The van der Waals surface area contributed by atoms with Gasteiger partial charge in [-0.1, -0.05) is 72.8 Å². The van der Waals surface area contributed by atoms with Crippen LogP contribution in [0, 0.1) is 0 Å². The third-order valence-electron chi connectivity index (χ3n) is 6.01. The van der Waals surface area contributed by atoms with Crippen molar-refractivity contribution in [1.82, 2.24) is 20.4 Å². The number of carbonyl (C=O) groups excluding carboxylic acids is 2. The number of nitrogens with one attached hydrogen (secondary N) is 2. The van der Waals surface area contributed by atoms with Crippen molar-refractivity contribution in [2.75, 3.05) is 13.1 Å². The maximum Gasteiger partial charge on any atom is 0.275 e. The Bertz CT molecular complexity index is 1400. The van der Waals surface area contributed by atoms with Crippen molar-refractivity contribution in [2.24, 2.45) is 0 Å². The van der Waals surface area contributed by atoms with E-state index in [1.54, 1.807) is 29.2 Å². The van der Waals surface area contributed by atoms with Crippen molar-refractivity contribution < 1.29 is 9.59 Å². The highest BCUT2D eigenvalue weighted by Crippen LogP contribution is 2.26. The lowest BCUT2D eigenvalue weighted by Crippen LogP contribution is -2.58. The van der Waals surface area contributed by atoms with E-state index in [0.29, 0.717) is 30.3 Å². The van der Waals surface area contributed by atoms with Crippen LogP contribution in [0.1, 0.15) is 16.1 Å². The Hall–Kier alpha value is -4.26. The molecule has 1 fully saturated rings. The molecule has 0 aliphatic carbocycles. The Labute approximate surface area is 190 Å². The van der Waals surface area contributed by atoms with Gasteiger partial charge in [-0.3, -0.25) is 14.4 Å². The smallest absolute Gasteiger partial charge is 0.275 e. The fraction of sp³-hybridized carbons (Fsp3) is 0.154. The lowest BCUT2D eigenvalue weighted by molar-refractivity contribution is -0.127. The molecule has 1 saturated heterocycles. The van der Waals surface area contributed by atoms with Crippen LogP contribution in [0.5, 0.6) is 0 Å². The zero-order valence-electron chi connectivity index (χ0n) is 17.8. The second kappa shape index (κ2) is 8.70. The summed E-state index contributed by atoms with van der Waals surface area (Å²) >= 11 is 0. The minimum absolute atomic E-state index is 0.140. The average molecular weight is 438 g/mol. The number of rotatable bonds is 4. The molecule has 4 aromatic rings. The van der Waals surface area contributed by atoms with Crippen LogP contribution in [0.3, 0.4) is 0 Å². The number of carbonyl (C=O) groups is 2. The number of aromatic nitrogens is 2. The summed E-state index contributed by atoms with van der Waals surface area (Å²) in [5, 5.41) is 10.2. The highest BCUT2D eigenvalue weighted by Gasteiger charge is 2.35. The topological polar surface area (TPSA) is 95.2 Å². The van der Waals surface area contributed by atoms with Gasteiger partial charge < -0.3 is 10.2 Å². The highest BCUT2D eigenvalue weighted by atomic mass is 16.2.